The molecule has 1 heterocycles. The third kappa shape index (κ3) is 2.46. The predicted octanol–water partition coefficient (Wildman–Crippen LogP) is 5.30. The van der Waals surface area contributed by atoms with Crippen molar-refractivity contribution in [2.45, 2.75) is 25.1 Å². The lowest BCUT2D eigenvalue weighted by atomic mass is 9.91. The van der Waals surface area contributed by atoms with Crippen LogP contribution in [0.15, 0.2) is 78.9 Å². The average Bonchev–Trinajstić information content (AvgIpc) is 2.93. The molecule has 27 heavy (non-hydrogen) atoms. The summed E-state index contributed by atoms with van der Waals surface area (Å²) >= 11 is 0. The van der Waals surface area contributed by atoms with E-state index in [1.165, 1.54) is 11.1 Å². The first-order valence-electron chi connectivity index (χ1n) is 9.20. The number of benzene rings is 3. The van der Waals surface area contributed by atoms with Crippen LogP contribution in [0.1, 0.15) is 30.5 Å². The number of hydrogen-bond acceptors (Lipinski definition) is 3. The molecule has 3 heteroatoms. The van der Waals surface area contributed by atoms with Gasteiger partial charge in [-0.15, -0.1) is 0 Å². The lowest BCUT2D eigenvalue weighted by Gasteiger charge is -2.46. The van der Waals surface area contributed by atoms with Crippen molar-refractivity contribution in [1.29, 1.82) is 0 Å². The Labute approximate surface area is 161 Å². The van der Waals surface area contributed by atoms with Gasteiger partial charge in [-0.1, -0.05) is 54.6 Å². The Morgan fingerprint density at radius 3 is 1.89 bits per heavy atom. The molecule has 0 aliphatic carbocycles. The fraction of sp³-hybridized carbons (Fsp3) is 0.250. The summed E-state index contributed by atoms with van der Waals surface area (Å²) < 4.78 is 11.7. The van der Waals surface area contributed by atoms with Crippen LogP contribution >= 0.6 is 0 Å². The number of rotatable bonds is 4. The molecule has 138 valence electrons. The van der Waals surface area contributed by atoms with Gasteiger partial charge in [-0.2, -0.15) is 0 Å². The standard InChI is InChI=1S/C24H25NO2/c1-23(2)21-12-8-9-13-22(21)24(27-4,18-14-16-20(26-3)17-15-18)25(23)19-10-6-5-7-11-19/h5-17H,1-4H3. The van der Waals surface area contributed by atoms with Crippen LogP contribution in [-0.2, 0) is 16.0 Å². The topological polar surface area (TPSA) is 21.7 Å². The minimum Gasteiger partial charge on any atom is -0.497 e. The van der Waals surface area contributed by atoms with Gasteiger partial charge in [-0.25, -0.2) is 0 Å². The molecule has 0 saturated carbocycles. The molecule has 0 fully saturated rings. The van der Waals surface area contributed by atoms with Crippen LogP contribution in [0, 0.1) is 0 Å². The summed E-state index contributed by atoms with van der Waals surface area (Å²) in [5, 5.41) is 0. The van der Waals surface area contributed by atoms with Crippen molar-refractivity contribution in [1.82, 2.24) is 0 Å². The summed E-state index contributed by atoms with van der Waals surface area (Å²) in [6.45, 7) is 4.51. The summed E-state index contributed by atoms with van der Waals surface area (Å²) in [7, 11) is 3.48. The third-order valence-corrected chi connectivity index (χ3v) is 5.62. The van der Waals surface area contributed by atoms with Gasteiger partial charge >= 0.3 is 0 Å². The van der Waals surface area contributed by atoms with Gasteiger partial charge < -0.3 is 14.4 Å². The highest BCUT2D eigenvalue weighted by atomic mass is 16.5. The van der Waals surface area contributed by atoms with Crippen molar-refractivity contribution in [3.8, 4) is 5.75 Å². The lowest BCUT2D eigenvalue weighted by molar-refractivity contribution is 0.0159. The molecule has 3 nitrogen and oxygen atoms in total. The zero-order valence-electron chi connectivity index (χ0n) is 16.3. The number of ether oxygens (including phenoxy) is 2. The van der Waals surface area contributed by atoms with Gasteiger partial charge in [0.2, 0.25) is 0 Å². The van der Waals surface area contributed by atoms with E-state index in [1.807, 2.05) is 18.2 Å². The normalized spacial score (nSPS) is 20.4. The number of anilines is 1. The van der Waals surface area contributed by atoms with Gasteiger partial charge in [-0.3, -0.25) is 0 Å². The van der Waals surface area contributed by atoms with Crippen molar-refractivity contribution < 1.29 is 9.47 Å². The number of fused-ring (bicyclic) bond motifs is 1. The van der Waals surface area contributed by atoms with Crippen molar-refractivity contribution in [2.75, 3.05) is 19.1 Å². The molecule has 0 radical (unpaired) electrons. The van der Waals surface area contributed by atoms with E-state index in [4.69, 9.17) is 9.47 Å². The maximum Gasteiger partial charge on any atom is 0.194 e. The molecular formula is C24H25NO2. The number of methoxy groups -OCH3 is 2. The molecule has 1 aliphatic heterocycles. The first kappa shape index (κ1) is 17.6. The Hall–Kier alpha value is -2.78. The predicted molar refractivity (Wildman–Crippen MR) is 109 cm³/mol. The zero-order valence-corrected chi connectivity index (χ0v) is 16.3. The maximum atomic E-state index is 6.37. The molecule has 0 bridgehead atoms. The fourth-order valence-electron chi connectivity index (χ4n) is 4.45. The lowest BCUT2D eigenvalue weighted by Crippen LogP contribution is -2.51. The molecule has 3 aromatic carbocycles. The Bertz CT molecular complexity index is 934. The molecule has 0 saturated heterocycles. The number of hydrogen-bond donors (Lipinski definition) is 0. The van der Waals surface area contributed by atoms with E-state index in [-0.39, 0.29) is 5.54 Å². The van der Waals surface area contributed by atoms with Crippen molar-refractivity contribution in [3.63, 3.8) is 0 Å². The summed E-state index contributed by atoms with van der Waals surface area (Å²) in [4.78, 5) is 2.38. The first-order chi connectivity index (χ1) is 13.1. The molecular weight excluding hydrogens is 334 g/mol. The summed E-state index contributed by atoms with van der Waals surface area (Å²) in [6, 6.07) is 27.2. The highest BCUT2D eigenvalue weighted by Crippen LogP contribution is 2.55. The first-order valence-corrected chi connectivity index (χ1v) is 9.20. The van der Waals surface area contributed by atoms with E-state index in [0.717, 1.165) is 17.0 Å². The molecule has 1 atom stereocenters. The van der Waals surface area contributed by atoms with E-state index in [1.54, 1.807) is 14.2 Å². The number of para-hydroxylation sites is 1. The number of nitrogens with zero attached hydrogens (tertiary/aromatic N) is 1. The SMILES string of the molecule is COc1ccc(C2(OC)c3ccccc3C(C)(C)N2c2ccccc2)cc1. The Kier molecular flexibility index (Phi) is 4.20. The highest BCUT2D eigenvalue weighted by Gasteiger charge is 2.55. The van der Waals surface area contributed by atoms with E-state index >= 15 is 0 Å². The third-order valence-electron chi connectivity index (χ3n) is 5.62. The average molecular weight is 359 g/mol. The second-order valence-corrected chi connectivity index (χ2v) is 7.35. The van der Waals surface area contributed by atoms with E-state index in [9.17, 15) is 0 Å². The van der Waals surface area contributed by atoms with Gasteiger partial charge in [0.15, 0.2) is 5.72 Å². The molecule has 0 N–H and O–H groups in total. The van der Waals surface area contributed by atoms with Crippen molar-refractivity contribution in [3.05, 3.63) is 95.6 Å². The smallest absolute Gasteiger partial charge is 0.194 e. The van der Waals surface area contributed by atoms with E-state index in [2.05, 4.69) is 79.4 Å². The quantitative estimate of drug-likeness (QED) is 0.631. The Morgan fingerprint density at radius 1 is 0.704 bits per heavy atom. The molecule has 0 amide bonds. The van der Waals surface area contributed by atoms with Crippen LogP contribution < -0.4 is 9.64 Å². The summed E-state index contributed by atoms with van der Waals surface area (Å²) in [6.07, 6.45) is 0. The monoisotopic (exact) mass is 359 g/mol. The van der Waals surface area contributed by atoms with Gasteiger partial charge in [0.1, 0.15) is 5.75 Å². The summed E-state index contributed by atoms with van der Waals surface area (Å²) in [5.41, 5.74) is 3.68. The second kappa shape index (κ2) is 6.43. The molecule has 4 rings (SSSR count). The zero-order chi connectivity index (χ0) is 19.1. The fourth-order valence-corrected chi connectivity index (χ4v) is 4.45. The van der Waals surface area contributed by atoms with Crippen LogP contribution in [0.3, 0.4) is 0 Å². The van der Waals surface area contributed by atoms with Crippen LogP contribution in [0.2, 0.25) is 0 Å². The highest BCUT2D eigenvalue weighted by molar-refractivity contribution is 5.65. The van der Waals surface area contributed by atoms with Crippen molar-refractivity contribution in [2.24, 2.45) is 0 Å². The molecule has 0 spiro atoms. The minimum atomic E-state index is -0.715. The maximum absolute atomic E-state index is 6.37. The van der Waals surface area contributed by atoms with Gasteiger partial charge in [-0.05, 0) is 43.7 Å². The molecule has 1 unspecified atom stereocenters. The molecule has 3 aromatic rings. The Morgan fingerprint density at radius 2 is 1.30 bits per heavy atom. The van der Waals surface area contributed by atoms with Crippen LogP contribution in [0.25, 0.3) is 0 Å². The molecule has 1 aliphatic rings. The van der Waals surface area contributed by atoms with Gasteiger partial charge in [0.25, 0.3) is 0 Å². The van der Waals surface area contributed by atoms with Crippen LogP contribution in [0.5, 0.6) is 5.75 Å². The van der Waals surface area contributed by atoms with Crippen LogP contribution in [0.4, 0.5) is 5.69 Å². The Balaban J connectivity index is 2.03. The van der Waals surface area contributed by atoms with Crippen LogP contribution in [-0.4, -0.2) is 14.2 Å². The van der Waals surface area contributed by atoms with Gasteiger partial charge in [0.05, 0.1) is 12.6 Å². The summed E-state index contributed by atoms with van der Waals surface area (Å²) in [5.74, 6) is 0.835. The van der Waals surface area contributed by atoms with E-state index < -0.39 is 5.72 Å². The second-order valence-electron chi connectivity index (χ2n) is 7.35. The van der Waals surface area contributed by atoms with Crippen molar-refractivity contribution >= 4 is 5.69 Å². The molecule has 0 aromatic heterocycles. The largest absolute Gasteiger partial charge is 0.497 e. The minimum absolute atomic E-state index is 0.242. The van der Waals surface area contributed by atoms with Gasteiger partial charge in [0, 0.05) is 23.9 Å². The van der Waals surface area contributed by atoms with E-state index in [0.29, 0.717) is 0 Å².